The number of carbonyl (C=O) groups excluding carboxylic acids is 2. The van der Waals surface area contributed by atoms with Gasteiger partial charge in [0.2, 0.25) is 0 Å². The van der Waals surface area contributed by atoms with Crippen molar-refractivity contribution in [3.05, 3.63) is 119 Å². The minimum atomic E-state index is -0.431. The van der Waals surface area contributed by atoms with E-state index in [0.717, 1.165) is 15.4 Å². The molecular weight excluding hydrogens is 454 g/mol. The summed E-state index contributed by atoms with van der Waals surface area (Å²) < 4.78 is 26.5. The third kappa shape index (κ3) is 5.68. The first-order valence-corrected chi connectivity index (χ1v) is 11.2. The van der Waals surface area contributed by atoms with E-state index >= 15 is 0 Å². The highest BCUT2D eigenvalue weighted by molar-refractivity contribution is 7.99. The van der Waals surface area contributed by atoms with Gasteiger partial charge in [0.25, 0.3) is 11.8 Å². The fourth-order valence-electron chi connectivity index (χ4n) is 3.21. The zero-order valence-corrected chi connectivity index (χ0v) is 19.0. The van der Waals surface area contributed by atoms with Crippen LogP contribution in [0.5, 0.6) is 0 Å². The smallest absolute Gasteiger partial charge is 0.255 e. The molecule has 0 unspecified atom stereocenters. The minimum absolute atomic E-state index is 0.302. The predicted molar refractivity (Wildman–Crippen MR) is 130 cm³/mol. The topological polar surface area (TPSA) is 58.2 Å². The highest BCUT2D eigenvalue weighted by Crippen LogP contribution is 2.36. The van der Waals surface area contributed by atoms with Gasteiger partial charge in [-0.15, -0.1) is 0 Å². The summed E-state index contributed by atoms with van der Waals surface area (Å²) >= 11 is 1.49. The lowest BCUT2D eigenvalue weighted by molar-refractivity contribution is 0.101. The fraction of sp³-hybridized carbons (Fsp3) is 0.0370. The molecule has 4 aromatic carbocycles. The van der Waals surface area contributed by atoms with Crippen LogP contribution in [0, 0.1) is 18.6 Å². The van der Waals surface area contributed by atoms with Crippen molar-refractivity contribution >= 4 is 35.0 Å². The summed E-state index contributed by atoms with van der Waals surface area (Å²) in [6.45, 7) is 1.87. The van der Waals surface area contributed by atoms with Crippen molar-refractivity contribution in [2.75, 3.05) is 10.6 Å². The summed E-state index contributed by atoms with van der Waals surface area (Å²) in [6.07, 6.45) is 0. The lowest BCUT2D eigenvalue weighted by atomic mass is 10.1. The number of rotatable bonds is 6. The molecule has 2 amide bonds. The molecule has 0 aliphatic heterocycles. The molecule has 34 heavy (non-hydrogen) atoms. The molecule has 0 saturated heterocycles. The summed E-state index contributed by atoms with van der Waals surface area (Å²) in [6, 6.07) is 23.7. The molecule has 170 valence electrons. The SMILES string of the molecule is Cc1c(NC(=O)c2ccc(F)cc2)cc(NC(=O)c2ccc(F)cc2)cc1Sc1ccccc1. The van der Waals surface area contributed by atoms with Crippen molar-refractivity contribution in [2.24, 2.45) is 0 Å². The molecule has 0 radical (unpaired) electrons. The van der Waals surface area contributed by atoms with Gasteiger partial charge in [-0.1, -0.05) is 30.0 Å². The van der Waals surface area contributed by atoms with Crippen LogP contribution in [0.4, 0.5) is 20.2 Å². The van der Waals surface area contributed by atoms with Crippen LogP contribution < -0.4 is 10.6 Å². The predicted octanol–water partition coefficient (Wildman–Crippen LogP) is 6.93. The molecule has 0 atom stereocenters. The molecule has 0 aliphatic rings. The molecule has 4 nitrogen and oxygen atoms in total. The molecule has 2 N–H and O–H groups in total. The van der Waals surface area contributed by atoms with E-state index in [0.29, 0.717) is 22.5 Å². The van der Waals surface area contributed by atoms with E-state index < -0.39 is 23.4 Å². The number of anilines is 2. The van der Waals surface area contributed by atoms with Gasteiger partial charge in [0.05, 0.1) is 0 Å². The molecule has 0 heterocycles. The van der Waals surface area contributed by atoms with Gasteiger partial charge < -0.3 is 10.6 Å². The molecule has 7 heteroatoms. The second-order valence-corrected chi connectivity index (χ2v) is 8.60. The quantitative estimate of drug-likeness (QED) is 0.319. The molecule has 0 aliphatic carbocycles. The van der Waals surface area contributed by atoms with E-state index in [1.807, 2.05) is 43.3 Å². The molecular formula is C27H20F2N2O2S. The van der Waals surface area contributed by atoms with Gasteiger partial charge in [-0.25, -0.2) is 8.78 Å². The standard InChI is InChI=1S/C27H20F2N2O2S/c1-17-24(31-27(33)19-9-13-21(29)14-10-19)15-22(16-25(17)34-23-5-3-2-4-6-23)30-26(32)18-7-11-20(28)12-8-18/h2-16H,1H3,(H,30,32)(H,31,33). The van der Waals surface area contributed by atoms with Gasteiger partial charge in [-0.05, 0) is 85.3 Å². The van der Waals surface area contributed by atoms with Crippen molar-refractivity contribution in [2.45, 2.75) is 16.7 Å². The van der Waals surface area contributed by atoms with E-state index in [1.165, 1.54) is 60.3 Å². The maximum absolute atomic E-state index is 13.2. The Bertz CT molecular complexity index is 1330. The number of halogens is 2. The van der Waals surface area contributed by atoms with Crippen molar-refractivity contribution in [3.63, 3.8) is 0 Å². The normalized spacial score (nSPS) is 10.6. The third-order valence-corrected chi connectivity index (χ3v) is 6.20. The van der Waals surface area contributed by atoms with Gasteiger partial charge in [0.15, 0.2) is 0 Å². The van der Waals surface area contributed by atoms with Crippen LogP contribution in [0.15, 0.2) is 101 Å². The van der Waals surface area contributed by atoms with Crippen molar-refractivity contribution in [1.82, 2.24) is 0 Å². The monoisotopic (exact) mass is 474 g/mol. The maximum Gasteiger partial charge on any atom is 0.255 e. The van der Waals surface area contributed by atoms with Crippen molar-refractivity contribution in [3.8, 4) is 0 Å². The van der Waals surface area contributed by atoms with E-state index in [2.05, 4.69) is 10.6 Å². The van der Waals surface area contributed by atoms with Crippen LogP contribution in [0.2, 0.25) is 0 Å². The number of amides is 2. The lowest BCUT2D eigenvalue weighted by Gasteiger charge is -2.16. The Morgan fingerprint density at radius 1 is 0.706 bits per heavy atom. The molecule has 0 saturated carbocycles. The Balaban J connectivity index is 1.66. The molecule has 4 aromatic rings. The first-order chi connectivity index (χ1) is 16.4. The fourth-order valence-corrected chi connectivity index (χ4v) is 4.21. The largest absolute Gasteiger partial charge is 0.322 e. The van der Waals surface area contributed by atoms with Crippen LogP contribution >= 0.6 is 11.8 Å². The van der Waals surface area contributed by atoms with E-state index in [4.69, 9.17) is 0 Å². The zero-order chi connectivity index (χ0) is 24.1. The minimum Gasteiger partial charge on any atom is -0.322 e. The molecule has 0 aromatic heterocycles. The Morgan fingerprint density at radius 2 is 1.24 bits per heavy atom. The highest BCUT2D eigenvalue weighted by Gasteiger charge is 2.15. The van der Waals surface area contributed by atoms with Crippen LogP contribution in [0.3, 0.4) is 0 Å². The average molecular weight is 475 g/mol. The van der Waals surface area contributed by atoms with Gasteiger partial charge in [0.1, 0.15) is 11.6 Å². The Labute approximate surface area is 200 Å². The summed E-state index contributed by atoms with van der Waals surface area (Å²) in [5.41, 5.74) is 2.39. The number of benzene rings is 4. The number of hydrogen-bond acceptors (Lipinski definition) is 3. The lowest BCUT2D eigenvalue weighted by Crippen LogP contribution is -2.15. The second kappa shape index (κ2) is 10.3. The summed E-state index contributed by atoms with van der Waals surface area (Å²) in [4.78, 5) is 27.3. The summed E-state index contributed by atoms with van der Waals surface area (Å²) in [5.74, 6) is -1.67. The van der Waals surface area contributed by atoms with Gasteiger partial charge in [-0.3, -0.25) is 9.59 Å². The second-order valence-electron chi connectivity index (χ2n) is 7.48. The van der Waals surface area contributed by atoms with Gasteiger partial charge in [0, 0.05) is 32.3 Å². The highest BCUT2D eigenvalue weighted by atomic mass is 32.2. The molecule has 0 bridgehead atoms. The van der Waals surface area contributed by atoms with Crippen LogP contribution in [-0.2, 0) is 0 Å². The van der Waals surface area contributed by atoms with Crippen LogP contribution in [-0.4, -0.2) is 11.8 Å². The summed E-state index contributed by atoms with van der Waals surface area (Å²) in [5, 5.41) is 5.67. The van der Waals surface area contributed by atoms with Crippen molar-refractivity contribution < 1.29 is 18.4 Å². The van der Waals surface area contributed by atoms with E-state index in [9.17, 15) is 18.4 Å². The van der Waals surface area contributed by atoms with Gasteiger partial charge >= 0.3 is 0 Å². The first-order valence-electron chi connectivity index (χ1n) is 10.4. The number of nitrogens with one attached hydrogen (secondary N) is 2. The zero-order valence-electron chi connectivity index (χ0n) is 18.1. The molecule has 0 spiro atoms. The average Bonchev–Trinajstić information content (AvgIpc) is 2.83. The Morgan fingerprint density at radius 3 is 1.79 bits per heavy atom. The third-order valence-electron chi connectivity index (χ3n) is 5.05. The van der Waals surface area contributed by atoms with E-state index in [-0.39, 0.29) is 0 Å². The number of carbonyl (C=O) groups is 2. The van der Waals surface area contributed by atoms with Gasteiger partial charge in [-0.2, -0.15) is 0 Å². The van der Waals surface area contributed by atoms with Crippen LogP contribution in [0.25, 0.3) is 0 Å². The Kier molecular flexibility index (Phi) is 7.04. The Hall–Kier alpha value is -3.97. The molecule has 4 rings (SSSR count). The molecule has 0 fully saturated rings. The number of hydrogen-bond donors (Lipinski definition) is 2. The van der Waals surface area contributed by atoms with E-state index in [1.54, 1.807) is 6.07 Å². The van der Waals surface area contributed by atoms with Crippen LogP contribution in [0.1, 0.15) is 26.3 Å². The maximum atomic E-state index is 13.2. The van der Waals surface area contributed by atoms with Crippen molar-refractivity contribution in [1.29, 1.82) is 0 Å². The summed E-state index contributed by atoms with van der Waals surface area (Å²) in [7, 11) is 0. The first kappa shape index (κ1) is 23.2.